The lowest BCUT2D eigenvalue weighted by Gasteiger charge is -2.36. The van der Waals surface area contributed by atoms with E-state index in [9.17, 15) is 14.4 Å². The van der Waals surface area contributed by atoms with Crippen LogP contribution in [0.4, 0.5) is 5.69 Å². The highest BCUT2D eigenvalue weighted by molar-refractivity contribution is 7.99. The molecular weight excluding hydrogens is 476 g/mol. The maximum absolute atomic E-state index is 13.7. The molecule has 0 aromatic heterocycles. The van der Waals surface area contributed by atoms with Gasteiger partial charge in [0.05, 0.1) is 11.4 Å². The number of carbonyl (C=O) groups is 3. The Hall–Kier alpha value is -2.10. The van der Waals surface area contributed by atoms with Crippen LogP contribution in [0.5, 0.6) is 0 Å². The Morgan fingerprint density at radius 2 is 1.75 bits per heavy atom. The standard InChI is InChI=1S/C27H38N4O4S/c1-27(2,3)24(26(34)31-15-21(36-4)23-22(31)20(32)16-35-23)28-25(33)17-5-7-18(8-6-17)29-11-13-30(14-12-29)19-9-10-19/h5-8,19,21-24H,9-16H2,1-4H3,(H,28,33)/t21-,22+,23+,24?/m0/s1. The number of hydrogen-bond donors (Lipinski definition) is 1. The lowest BCUT2D eigenvalue weighted by Crippen LogP contribution is -2.57. The smallest absolute Gasteiger partial charge is 0.251 e. The van der Waals surface area contributed by atoms with Gasteiger partial charge in [-0.15, -0.1) is 0 Å². The van der Waals surface area contributed by atoms with E-state index < -0.39 is 17.5 Å². The second-order valence-corrected chi connectivity index (χ2v) is 12.6. The van der Waals surface area contributed by atoms with Crippen molar-refractivity contribution in [2.24, 2.45) is 5.41 Å². The van der Waals surface area contributed by atoms with Gasteiger partial charge in [0.25, 0.3) is 5.91 Å². The summed E-state index contributed by atoms with van der Waals surface area (Å²) in [7, 11) is 0. The second-order valence-electron chi connectivity index (χ2n) is 11.5. The maximum atomic E-state index is 13.7. The Morgan fingerprint density at radius 1 is 1.08 bits per heavy atom. The highest BCUT2D eigenvalue weighted by Gasteiger charge is 2.53. The number of piperazine rings is 1. The molecule has 1 aromatic rings. The molecule has 3 aliphatic heterocycles. The predicted molar refractivity (Wildman–Crippen MR) is 142 cm³/mol. The zero-order chi connectivity index (χ0) is 25.6. The Kier molecular flexibility index (Phi) is 7.09. The number of carbonyl (C=O) groups excluding carboxylic acids is 3. The number of benzene rings is 1. The van der Waals surface area contributed by atoms with Crippen LogP contribution in [0, 0.1) is 5.41 Å². The topological polar surface area (TPSA) is 82.2 Å². The molecule has 36 heavy (non-hydrogen) atoms. The zero-order valence-corrected chi connectivity index (χ0v) is 22.6. The van der Waals surface area contributed by atoms with Crippen LogP contribution in [0.15, 0.2) is 24.3 Å². The molecule has 1 aliphatic carbocycles. The lowest BCUT2D eigenvalue weighted by atomic mass is 9.85. The first-order valence-corrected chi connectivity index (χ1v) is 14.3. The minimum Gasteiger partial charge on any atom is -0.369 e. The molecule has 1 aromatic carbocycles. The largest absolute Gasteiger partial charge is 0.369 e. The SMILES string of the molecule is CS[C@H]1CN(C(=O)C(NC(=O)c2ccc(N3CCN(C4CC4)CC3)cc2)C(C)(C)C)[C@@H]2C(=O)CO[C@H]12. The third kappa shape index (κ3) is 5.02. The van der Waals surface area contributed by atoms with Gasteiger partial charge < -0.3 is 19.9 Å². The molecule has 1 N–H and O–H groups in total. The van der Waals surface area contributed by atoms with Crippen molar-refractivity contribution in [3.63, 3.8) is 0 Å². The molecular formula is C27H38N4O4S. The fourth-order valence-corrected chi connectivity index (χ4v) is 6.49. The van der Waals surface area contributed by atoms with Gasteiger partial charge in [-0.05, 0) is 48.8 Å². The summed E-state index contributed by atoms with van der Waals surface area (Å²) in [5, 5.41) is 3.05. The molecule has 1 saturated carbocycles. The third-order valence-corrected chi connectivity index (χ3v) is 9.01. The molecule has 9 heteroatoms. The number of anilines is 1. The van der Waals surface area contributed by atoms with E-state index in [-0.39, 0.29) is 35.6 Å². The highest BCUT2D eigenvalue weighted by Crippen LogP contribution is 2.35. The number of thioether (sulfide) groups is 1. The Bertz CT molecular complexity index is 998. The first kappa shape index (κ1) is 25.5. The minimum atomic E-state index is -0.755. The summed E-state index contributed by atoms with van der Waals surface area (Å²) in [6, 6.07) is 7.16. The fourth-order valence-electron chi connectivity index (χ4n) is 5.68. The van der Waals surface area contributed by atoms with Gasteiger partial charge in [0.1, 0.15) is 18.7 Å². The van der Waals surface area contributed by atoms with Gasteiger partial charge in [-0.25, -0.2) is 0 Å². The fraction of sp³-hybridized carbons (Fsp3) is 0.667. The Morgan fingerprint density at radius 3 is 2.33 bits per heavy atom. The number of likely N-dealkylation sites (tertiary alicyclic amines) is 1. The average Bonchev–Trinajstić information content (AvgIpc) is 3.55. The van der Waals surface area contributed by atoms with E-state index in [1.165, 1.54) is 12.8 Å². The van der Waals surface area contributed by atoms with Gasteiger partial charge in [0.15, 0.2) is 5.78 Å². The van der Waals surface area contributed by atoms with Crippen molar-refractivity contribution in [1.82, 2.24) is 15.1 Å². The molecule has 0 spiro atoms. The van der Waals surface area contributed by atoms with Crippen molar-refractivity contribution in [3.8, 4) is 0 Å². The summed E-state index contributed by atoms with van der Waals surface area (Å²) in [6.07, 6.45) is 4.37. The summed E-state index contributed by atoms with van der Waals surface area (Å²) in [5.41, 5.74) is 1.12. The van der Waals surface area contributed by atoms with Gasteiger partial charge in [-0.3, -0.25) is 19.3 Å². The average molecular weight is 515 g/mol. The number of fused-ring (bicyclic) bond motifs is 1. The molecule has 196 valence electrons. The monoisotopic (exact) mass is 514 g/mol. The third-order valence-electron chi connectivity index (χ3n) is 7.98. The molecule has 4 aliphatic rings. The van der Waals surface area contributed by atoms with Crippen molar-refractivity contribution < 1.29 is 19.1 Å². The molecule has 8 nitrogen and oxygen atoms in total. The molecule has 3 saturated heterocycles. The van der Waals surface area contributed by atoms with Crippen LogP contribution in [0.25, 0.3) is 0 Å². The van der Waals surface area contributed by atoms with Gasteiger partial charge in [-0.1, -0.05) is 20.8 Å². The number of ketones is 1. The summed E-state index contributed by atoms with van der Waals surface area (Å²) in [4.78, 5) is 46.1. The van der Waals surface area contributed by atoms with E-state index in [0.717, 1.165) is 37.9 Å². The van der Waals surface area contributed by atoms with E-state index >= 15 is 0 Å². The Labute approximate surface area is 218 Å². The van der Waals surface area contributed by atoms with Crippen LogP contribution >= 0.6 is 11.8 Å². The van der Waals surface area contributed by atoms with Crippen LogP contribution in [0.2, 0.25) is 0 Å². The number of rotatable bonds is 6. The van der Waals surface area contributed by atoms with E-state index in [2.05, 4.69) is 15.1 Å². The van der Waals surface area contributed by atoms with E-state index in [1.807, 2.05) is 51.3 Å². The number of Topliss-reactive ketones (excluding diaryl/α,β-unsaturated/α-hetero) is 1. The van der Waals surface area contributed by atoms with E-state index in [0.29, 0.717) is 12.1 Å². The quantitative estimate of drug-likeness (QED) is 0.622. The van der Waals surface area contributed by atoms with Gasteiger partial charge >= 0.3 is 0 Å². The van der Waals surface area contributed by atoms with Gasteiger partial charge in [-0.2, -0.15) is 11.8 Å². The first-order chi connectivity index (χ1) is 17.2. The lowest BCUT2D eigenvalue weighted by molar-refractivity contribution is -0.140. The van der Waals surface area contributed by atoms with Crippen molar-refractivity contribution in [2.45, 2.75) is 63.1 Å². The first-order valence-electron chi connectivity index (χ1n) is 13.0. The molecule has 0 bridgehead atoms. The number of nitrogens with one attached hydrogen (secondary N) is 1. The highest BCUT2D eigenvalue weighted by atomic mass is 32.2. The summed E-state index contributed by atoms with van der Waals surface area (Å²) in [5.74, 6) is -0.552. The maximum Gasteiger partial charge on any atom is 0.251 e. The van der Waals surface area contributed by atoms with Crippen molar-refractivity contribution in [3.05, 3.63) is 29.8 Å². The van der Waals surface area contributed by atoms with Crippen LogP contribution in [0.3, 0.4) is 0 Å². The molecule has 1 unspecified atom stereocenters. The van der Waals surface area contributed by atoms with Crippen molar-refractivity contribution in [1.29, 1.82) is 0 Å². The van der Waals surface area contributed by atoms with E-state index in [1.54, 1.807) is 16.7 Å². The summed E-state index contributed by atoms with van der Waals surface area (Å²) >= 11 is 1.61. The van der Waals surface area contributed by atoms with Crippen molar-refractivity contribution in [2.75, 3.05) is 50.5 Å². The molecule has 5 rings (SSSR count). The molecule has 3 heterocycles. The van der Waals surface area contributed by atoms with Gasteiger partial charge in [0, 0.05) is 50.0 Å². The number of amides is 2. The van der Waals surface area contributed by atoms with Crippen molar-refractivity contribution >= 4 is 35.0 Å². The number of nitrogens with zero attached hydrogens (tertiary/aromatic N) is 3. The van der Waals surface area contributed by atoms with Gasteiger partial charge in [0.2, 0.25) is 5.91 Å². The second kappa shape index (κ2) is 9.99. The predicted octanol–water partition coefficient (Wildman–Crippen LogP) is 2.03. The van der Waals surface area contributed by atoms with E-state index in [4.69, 9.17) is 4.74 Å². The molecule has 0 radical (unpaired) electrons. The number of ether oxygens (including phenoxy) is 1. The van der Waals surface area contributed by atoms with Crippen LogP contribution in [-0.2, 0) is 14.3 Å². The number of hydrogen-bond acceptors (Lipinski definition) is 7. The zero-order valence-electron chi connectivity index (χ0n) is 21.7. The molecule has 4 fully saturated rings. The molecule has 2 amide bonds. The van der Waals surface area contributed by atoms with Crippen LogP contribution in [-0.4, -0.2) is 102 Å². The summed E-state index contributed by atoms with van der Waals surface area (Å²) in [6.45, 7) is 10.5. The van der Waals surface area contributed by atoms with Crippen LogP contribution in [0.1, 0.15) is 44.0 Å². The van der Waals surface area contributed by atoms with Crippen LogP contribution < -0.4 is 10.2 Å². The normalized spacial score (nSPS) is 27.8. The summed E-state index contributed by atoms with van der Waals surface area (Å²) < 4.78 is 5.71. The Balaban J connectivity index is 1.25. The minimum absolute atomic E-state index is 0.0463. The molecule has 4 atom stereocenters.